The molecule has 0 aromatic carbocycles. The van der Waals surface area contributed by atoms with Gasteiger partial charge in [-0.25, -0.2) is 0 Å². The van der Waals surface area contributed by atoms with Crippen molar-refractivity contribution in [3.8, 4) is 0 Å². The first-order chi connectivity index (χ1) is 7.70. The molecule has 2 unspecified atom stereocenters. The maximum atomic E-state index is 12.2. The van der Waals surface area contributed by atoms with Gasteiger partial charge in [0, 0.05) is 25.2 Å². The molecule has 0 spiro atoms. The van der Waals surface area contributed by atoms with Crippen LogP contribution in [0.1, 0.15) is 13.8 Å². The lowest BCUT2D eigenvalue weighted by molar-refractivity contribution is -0.137. The molecule has 0 bridgehead atoms. The Morgan fingerprint density at radius 2 is 2.06 bits per heavy atom. The van der Waals surface area contributed by atoms with E-state index in [0.29, 0.717) is 19.0 Å². The summed E-state index contributed by atoms with van der Waals surface area (Å²) in [5, 5.41) is 3.29. The topological polar surface area (TPSA) is 50.8 Å². The van der Waals surface area contributed by atoms with Gasteiger partial charge in [0.25, 0.3) is 5.91 Å². The Morgan fingerprint density at radius 3 is 2.62 bits per heavy atom. The predicted octanol–water partition coefficient (Wildman–Crippen LogP) is 0.0834. The summed E-state index contributed by atoms with van der Waals surface area (Å²) >= 11 is 0. The third kappa shape index (κ3) is 2.14. The van der Waals surface area contributed by atoms with Crippen molar-refractivity contribution in [3.05, 3.63) is 12.0 Å². The number of hydrogen-bond acceptors (Lipinski definition) is 4. The van der Waals surface area contributed by atoms with E-state index in [0.717, 1.165) is 13.1 Å². The lowest BCUT2D eigenvalue weighted by Gasteiger charge is -2.39. The van der Waals surface area contributed by atoms with E-state index in [-0.39, 0.29) is 18.0 Å². The van der Waals surface area contributed by atoms with Gasteiger partial charge in [0.05, 0.1) is 0 Å². The Bertz CT molecular complexity index is 294. The molecule has 1 fully saturated rings. The van der Waals surface area contributed by atoms with Gasteiger partial charge in [0.1, 0.15) is 19.5 Å². The molecule has 90 valence electrons. The Morgan fingerprint density at radius 1 is 1.38 bits per heavy atom. The van der Waals surface area contributed by atoms with Gasteiger partial charge in [0.15, 0.2) is 0 Å². The molecule has 16 heavy (non-hydrogen) atoms. The highest BCUT2D eigenvalue weighted by molar-refractivity contribution is 5.91. The monoisotopic (exact) mass is 226 g/mol. The fourth-order valence-electron chi connectivity index (χ4n) is 2.14. The fraction of sp³-hybridized carbons (Fsp3) is 0.727. The second kappa shape index (κ2) is 4.74. The largest absolute Gasteiger partial charge is 0.494 e. The summed E-state index contributed by atoms with van der Waals surface area (Å²) in [6, 6.07) is 0.366. The highest BCUT2D eigenvalue weighted by atomic mass is 16.6. The highest BCUT2D eigenvalue weighted by Gasteiger charge is 2.32. The Kier molecular flexibility index (Phi) is 3.33. The zero-order valence-corrected chi connectivity index (χ0v) is 9.73. The standard InChI is InChI=1S/C11H18N2O3/c1-8-5-12-6-9(2)13(8)11(14)10-7-15-3-4-16-10/h7-9,12H,3-6H2,1-2H3. The molecule has 0 radical (unpaired) electrons. The van der Waals surface area contributed by atoms with E-state index in [1.807, 2.05) is 18.7 Å². The summed E-state index contributed by atoms with van der Waals surface area (Å²) in [6.07, 6.45) is 1.42. The van der Waals surface area contributed by atoms with Crippen molar-refractivity contribution >= 4 is 5.91 Å². The Balaban J connectivity index is 2.09. The maximum Gasteiger partial charge on any atom is 0.292 e. The number of amides is 1. The lowest BCUT2D eigenvalue weighted by Crippen LogP contribution is -2.57. The quantitative estimate of drug-likeness (QED) is 0.688. The van der Waals surface area contributed by atoms with E-state index in [4.69, 9.17) is 9.47 Å². The zero-order valence-electron chi connectivity index (χ0n) is 9.73. The number of nitrogens with one attached hydrogen (secondary N) is 1. The molecule has 2 atom stereocenters. The van der Waals surface area contributed by atoms with E-state index in [1.165, 1.54) is 6.26 Å². The van der Waals surface area contributed by atoms with Gasteiger partial charge in [-0.3, -0.25) is 4.79 Å². The molecular weight excluding hydrogens is 208 g/mol. The van der Waals surface area contributed by atoms with Crippen molar-refractivity contribution in [1.29, 1.82) is 0 Å². The first kappa shape index (κ1) is 11.3. The molecule has 2 aliphatic rings. The first-order valence-corrected chi connectivity index (χ1v) is 5.68. The molecule has 0 aliphatic carbocycles. The number of ether oxygens (including phenoxy) is 2. The van der Waals surface area contributed by atoms with Crippen molar-refractivity contribution in [2.45, 2.75) is 25.9 Å². The van der Waals surface area contributed by atoms with Crippen LogP contribution in [0.3, 0.4) is 0 Å². The molecule has 0 aromatic heterocycles. The number of carbonyl (C=O) groups is 1. The van der Waals surface area contributed by atoms with Crippen LogP contribution in [0, 0.1) is 0 Å². The summed E-state index contributed by atoms with van der Waals surface area (Å²) in [4.78, 5) is 14.1. The molecule has 1 saturated heterocycles. The molecule has 2 aliphatic heterocycles. The van der Waals surface area contributed by atoms with Crippen molar-refractivity contribution < 1.29 is 14.3 Å². The summed E-state index contributed by atoms with van der Waals surface area (Å²) < 4.78 is 10.4. The third-order valence-corrected chi connectivity index (χ3v) is 2.92. The van der Waals surface area contributed by atoms with E-state index in [9.17, 15) is 4.79 Å². The highest BCUT2D eigenvalue weighted by Crippen LogP contribution is 2.16. The van der Waals surface area contributed by atoms with Crippen molar-refractivity contribution in [2.24, 2.45) is 0 Å². The van der Waals surface area contributed by atoms with Gasteiger partial charge in [0.2, 0.25) is 5.76 Å². The van der Waals surface area contributed by atoms with Gasteiger partial charge in [-0.05, 0) is 13.8 Å². The van der Waals surface area contributed by atoms with Crippen LogP contribution in [-0.2, 0) is 14.3 Å². The summed E-state index contributed by atoms with van der Waals surface area (Å²) in [5.41, 5.74) is 0. The van der Waals surface area contributed by atoms with Crippen LogP contribution in [0.4, 0.5) is 0 Å². The predicted molar refractivity (Wildman–Crippen MR) is 58.6 cm³/mol. The minimum atomic E-state index is -0.0683. The second-order valence-electron chi connectivity index (χ2n) is 4.27. The first-order valence-electron chi connectivity index (χ1n) is 5.68. The number of rotatable bonds is 1. The molecule has 1 N–H and O–H groups in total. The molecular formula is C11H18N2O3. The smallest absolute Gasteiger partial charge is 0.292 e. The zero-order chi connectivity index (χ0) is 11.5. The van der Waals surface area contributed by atoms with Gasteiger partial charge >= 0.3 is 0 Å². The summed E-state index contributed by atoms with van der Waals surface area (Å²) in [5.74, 6) is 0.257. The minimum Gasteiger partial charge on any atom is -0.494 e. The molecule has 1 amide bonds. The summed E-state index contributed by atoms with van der Waals surface area (Å²) in [6.45, 7) is 6.68. The van der Waals surface area contributed by atoms with Crippen LogP contribution >= 0.6 is 0 Å². The van der Waals surface area contributed by atoms with Crippen molar-refractivity contribution in [3.63, 3.8) is 0 Å². The molecule has 2 rings (SSSR count). The van der Waals surface area contributed by atoms with Gasteiger partial charge in [-0.15, -0.1) is 0 Å². The van der Waals surface area contributed by atoms with Gasteiger partial charge in [-0.2, -0.15) is 0 Å². The van der Waals surface area contributed by atoms with Crippen LogP contribution in [0.15, 0.2) is 12.0 Å². The number of nitrogens with zero attached hydrogens (tertiary/aromatic N) is 1. The van der Waals surface area contributed by atoms with Crippen LogP contribution in [0.2, 0.25) is 0 Å². The second-order valence-corrected chi connectivity index (χ2v) is 4.27. The average molecular weight is 226 g/mol. The lowest BCUT2D eigenvalue weighted by atomic mass is 10.1. The fourth-order valence-corrected chi connectivity index (χ4v) is 2.14. The average Bonchev–Trinajstić information content (AvgIpc) is 2.30. The Hall–Kier alpha value is -1.23. The van der Waals surface area contributed by atoms with Crippen molar-refractivity contribution in [2.75, 3.05) is 26.3 Å². The number of hydrogen-bond donors (Lipinski definition) is 1. The van der Waals surface area contributed by atoms with E-state index in [2.05, 4.69) is 5.32 Å². The molecule has 0 saturated carbocycles. The third-order valence-electron chi connectivity index (χ3n) is 2.92. The normalized spacial score (nSPS) is 30.1. The minimum absolute atomic E-state index is 0.0683. The van der Waals surface area contributed by atoms with Gasteiger partial charge in [-0.1, -0.05) is 0 Å². The van der Waals surface area contributed by atoms with Crippen LogP contribution in [0.5, 0.6) is 0 Å². The Labute approximate surface area is 95.4 Å². The van der Waals surface area contributed by atoms with E-state index >= 15 is 0 Å². The van der Waals surface area contributed by atoms with Gasteiger partial charge < -0.3 is 19.7 Å². The number of carbonyl (C=O) groups excluding carboxylic acids is 1. The summed E-state index contributed by atoms with van der Waals surface area (Å²) in [7, 11) is 0. The van der Waals surface area contributed by atoms with Crippen LogP contribution in [-0.4, -0.2) is 49.2 Å². The van der Waals surface area contributed by atoms with E-state index in [1.54, 1.807) is 0 Å². The SMILES string of the molecule is CC1CNCC(C)N1C(=O)C1=COCCO1. The molecule has 5 nitrogen and oxygen atoms in total. The van der Waals surface area contributed by atoms with Crippen molar-refractivity contribution in [1.82, 2.24) is 10.2 Å². The molecule has 5 heteroatoms. The number of piperazine rings is 1. The maximum absolute atomic E-state index is 12.2. The van der Waals surface area contributed by atoms with Crippen LogP contribution < -0.4 is 5.32 Å². The van der Waals surface area contributed by atoms with E-state index < -0.39 is 0 Å². The van der Waals surface area contributed by atoms with Crippen LogP contribution in [0.25, 0.3) is 0 Å². The molecule has 0 aromatic rings. The molecule has 2 heterocycles.